The van der Waals surface area contributed by atoms with E-state index in [1.807, 2.05) is 54.8 Å². The average Bonchev–Trinajstić information content (AvgIpc) is 3.23. The second-order valence-electron chi connectivity index (χ2n) is 5.26. The SMILES string of the molecule is Cc1nnc(SC(C)C(=O)NCc2ccco2)n1-c1ccccc1. The molecule has 0 saturated heterocycles. The van der Waals surface area contributed by atoms with E-state index in [4.69, 9.17) is 4.42 Å². The summed E-state index contributed by atoms with van der Waals surface area (Å²) in [4.78, 5) is 12.3. The molecule has 1 unspecified atom stereocenters. The summed E-state index contributed by atoms with van der Waals surface area (Å²) in [6, 6.07) is 13.5. The van der Waals surface area contributed by atoms with Crippen molar-refractivity contribution in [2.75, 3.05) is 0 Å². The van der Waals surface area contributed by atoms with Crippen LogP contribution in [0.3, 0.4) is 0 Å². The predicted molar refractivity (Wildman–Crippen MR) is 92.0 cm³/mol. The molecule has 7 heteroatoms. The summed E-state index contributed by atoms with van der Waals surface area (Å²) in [5, 5.41) is 11.6. The Hall–Kier alpha value is -2.54. The number of hydrogen-bond acceptors (Lipinski definition) is 5. The maximum Gasteiger partial charge on any atom is 0.233 e. The van der Waals surface area contributed by atoms with Gasteiger partial charge in [0, 0.05) is 5.69 Å². The van der Waals surface area contributed by atoms with Gasteiger partial charge < -0.3 is 9.73 Å². The zero-order chi connectivity index (χ0) is 16.9. The molecule has 6 nitrogen and oxygen atoms in total. The Kier molecular flexibility index (Phi) is 5.00. The van der Waals surface area contributed by atoms with Crippen molar-refractivity contribution in [2.24, 2.45) is 0 Å². The number of furan rings is 1. The molecule has 1 amide bonds. The fourth-order valence-corrected chi connectivity index (χ4v) is 3.17. The smallest absolute Gasteiger partial charge is 0.233 e. The zero-order valence-corrected chi connectivity index (χ0v) is 14.3. The van der Waals surface area contributed by atoms with Crippen LogP contribution in [0.1, 0.15) is 18.5 Å². The lowest BCUT2D eigenvalue weighted by molar-refractivity contribution is -0.120. The van der Waals surface area contributed by atoms with E-state index in [1.165, 1.54) is 11.8 Å². The topological polar surface area (TPSA) is 73.0 Å². The van der Waals surface area contributed by atoms with Gasteiger partial charge in [-0.3, -0.25) is 9.36 Å². The molecule has 1 atom stereocenters. The second kappa shape index (κ2) is 7.35. The molecule has 0 bridgehead atoms. The molecule has 124 valence electrons. The van der Waals surface area contributed by atoms with Crippen LogP contribution in [0, 0.1) is 6.92 Å². The summed E-state index contributed by atoms with van der Waals surface area (Å²) in [6.45, 7) is 4.12. The minimum Gasteiger partial charge on any atom is -0.467 e. The van der Waals surface area contributed by atoms with E-state index >= 15 is 0 Å². The standard InChI is InChI=1S/C17H18N4O2S/c1-12(16(22)18-11-15-9-6-10-23-15)24-17-20-19-13(2)21(17)14-7-4-3-5-8-14/h3-10,12H,11H2,1-2H3,(H,18,22). The first-order chi connectivity index (χ1) is 11.6. The van der Waals surface area contributed by atoms with E-state index in [2.05, 4.69) is 15.5 Å². The van der Waals surface area contributed by atoms with Gasteiger partial charge in [0.15, 0.2) is 5.16 Å². The van der Waals surface area contributed by atoms with E-state index in [0.717, 1.165) is 17.3 Å². The Labute approximate surface area is 144 Å². The second-order valence-corrected chi connectivity index (χ2v) is 6.57. The minimum atomic E-state index is -0.300. The highest BCUT2D eigenvalue weighted by Crippen LogP contribution is 2.25. The number of thioether (sulfide) groups is 1. The number of benzene rings is 1. The quantitative estimate of drug-likeness (QED) is 0.697. The third-order valence-corrected chi connectivity index (χ3v) is 4.52. The number of rotatable bonds is 6. The van der Waals surface area contributed by atoms with E-state index < -0.39 is 0 Å². The van der Waals surface area contributed by atoms with Gasteiger partial charge >= 0.3 is 0 Å². The molecular weight excluding hydrogens is 324 g/mol. The summed E-state index contributed by atoms with van der Waals surface area (Å²) in [6.07, 6.45) is 1.59. The number of aromatic nitrogens is 3. The van der Waals surface area contributed by atoms with Crippen molar-refractivity contribution in [3.05, 3.63) is 60.3 Å². The van der Waals surface area contributed by atoms with Gasteiger partial charge in [0.25, 0.3) is 0 Å². The molecule has 2 aromatic heterocycles. The highest BCUT2D eigenvalue weighted by atomic mass is 32.2. The van der Waals surface area contributed by atoms with E-state index in [1.54, 1.807) is 12.3 Å². The van der Waals surface area contributed by atoms with Gasteiger partial charge in [-0.25, -0.2) is 0 Å². The van der Waals surface area contributed by atoms with Crippen molar-refractivity contribution in [3.63, 3.8) is 0 Å². The predicted octanol–water partition coefficient (Wildman–Crippen LogP) is 2.97. The molecule has 1 aromatic carbocycles. The molecule has 1 N–H and O–H groups in total. The van der Waals surface area contributed by atoms with Crippen molar-refractivity contribution < 1.29 is 9.21 Å². The Bertz CT molecular complexity index is 799. The number of aryl methyl sites for hydroxylation is 1. The van der Waals surface area contributed by atoms with Crippen molar-refractivity contribution in [1.29, 1.82) is 0 Å². The average molecular weight is 342 g/mol. The molecule has 0 spiro atoms. The lowest BCUT2D eigenvalue weighted by atomic mass is 10.3. The van der Waals surface area contributed by atoms with Gasteiger partial charge in [-0.15, -0.1) is 10.2 Å². The molecule has 2 heterocycles. The van der Waals surface area contributed by atoms with Crippen LogP contribution >= 0.6 is 11.8 Å². The molecule has 3 rings (SSSR count). The van der Waals surface area contributed by atoms with Crippen LogP contribution in [0.5, 0.6) is 0 Å². The van der Waals surface area contributed by atoms with E-state index in [0.29, 0.717) is 11.7 Å². The number of carbonyl (C=O) groups is 1. The fourth-order valence-electron chi connectivity index (χ4n) is 2.24. The number of hydrogen-bond donors (Lipinski definition) is 1. The third kappa shape index (κ3) is 3.68. The first kappa shape index (κ1) is 16.3. The Balaban J connectivity index is 1.68. The maximum atomic E-state index is 12.3. The summed E-state index contributed by atoms with van der Waals surface area (Å²) >= 11 is 1.38. The Morgan fingerprint density at radius 1 is 1.25 bits per heavy atom. The van der Waals surface area contributed by atoms with Crippen molar-refractivity contribution in [1.82, 2.24) is 20.1 Å². The van der Waals surface area contributed by atoms with Gasteiger partial charge in [-0.2, -0.15) is 0 Å². The zero-order valence-electron chi connectivity index (χ0n) is 13.5. The lowest BCUT2D eigenvalue weighted by Crippen LogP contribution is -2.30. The van der Waals surface area contributed by atoms with Crippen molar-refractivity contribution in [3.8, 4) is 5.69 Å². The molecule has 24 heavy (non-hydrogen) atoms. The highest BCUT2D eigenvalue weighted by Gasteiger charge is 2.19. The van der Waals surface area contributed by atoms with E-state index in [-0.39, 0.29) is 11.2 Å². The molecule has 3 aromatic rings. The van der Waals surface area contributed by atoms with Gasteiger partial charge in [-0.1, -0.05) is 30.0 Å². The first-order valence-electron chi connectivity index (χ1n) is 7.59. The summed E-state index contributed by atoms with van der Waals surface area (Å²) in [7, 11) is 0. The third-order valence-electron chi connectivity index (χ3n) is 3.48. The molecule has 0 aliphatic heterocycles. The van der Waals surface area contributed by atoms with Gasteiger partial charge in [0.05, 0.1) is 18.1 Å². The first-order valence-corrected chi connectivity index (χ1v) is 8.47. The number of nitrogens with zero attached hydrogens (tertiary/aromatic N) is 3. The normalized spacial score (nSPS) is 12.1. The lowest BCUT2D eigenvalue weighted by Gasteiger charge is -2.12. The van der Waals surface area contributed by atoms with Gasteiger partial charge in [0.1, 0.15) is 11.6 Å². The summed E-state index contributed by atoms with van der Waals surface area (Å²) in [5.74, 6) is 1.44. The Morgan fingerprint density at radius 3 is 2.75 bits per heavy atom. The van der Waals surface area contributed by atoms with Crippen LogP contribution < -0.4 is 5.32 Å². The van der Waals surface area contributed by atoms with Crippen LogP contribution in [0.4, 0.5) is 0 Å². The molecule has 0 aliphatic rings. The maximum absolute atomic E-state index is 12.3. The van der Waals surface area contributed by atoms with Crippen LogP contribution in [0.15, 0.2) is 58.3 Å². The number of nitrogens with one attached hydrogen (secondary N) is 1. The van der Waals surface area contributed by atoms with Crippen molar-refractivity contribution >= 4 is 17.7 Å². The highest BCUT2D eigenvalue weighted by molar-refractivity contribution is 8.00. The molecular formula is C17H18N4O2S. The Morgan fingerprint density at radius 2 is 2.04 bits per heavy atom. The van der Waals surface area contributed by atoms with Gasteiger partial charge in [0.2, 0.25) is 5.91 Å². The molecule has 0 radical (unpaired) electrons. The monoisotopic (exact) mass is 342 g/mol. The summed E-state index contributed by atoms with van der Waals surface area (Å²) in [5.41, 5.74) is 0.977. The molecule has 0 saturated carbocycles. The summed E-state index contributed by atoms with van der Waals surface area (Å²) < 4.78 is 7.16. The van der Waals surface area contributed by atoms with Gasteiger partial charge in [-0.05, 0) is 38.1 Å². The van der Waals surface area contributed by atoms with Crippen molar-refractivity contribution in [2.45, 2.75) is 30.8 Å². The number of carbonyl (C=O) groups excluding carboxylic acids is 1. The number of para-hydroxylation sites is 1. The molecule has 0 aliphatic carbocycles. The molecule has 0 fully saturated rings. The largest absolute Gasteiger partial charge is 0.467 e. The van der Waals surface area contributed by atoms with Crippen LogP contribution in [-0.4, -0.2) is 25.9 Å². The van der Waals surface area contributed by atoms with Crippen LogP contribution in [0.2, 0.25) is 0 Å². The minimum absolute atomic E-state index is 0.0725. The van der Waals surface area contributed by atoms with E-state index in [9.17, 15) is 4.79 Å². The van der Waals surface area contributed by atoms with Crippen LogP contribution in [0.25, 0.3) is 5.69 Å². The number of amides is 1. The fraction of sp³-hybridized carbons (Fsp3) is 0.235. The van der Waals surface area contributed by atoms with Crippen LogP contribution in [-0.2, 0) is 11.3 Å².